The predicted molar refractivity (Wildman–Crippen MR) is 92.5 cm³/mol. The summed E-state index contributed by atoms with van der Waals surface area (Å²) in [7, 11) is 0. The van der Waals surface area contributed by atoms with Crippen LogP contribution >= 0.6 is 0 Å². The Kier molecular flexibility index (Phi) is 5.87. The van der Waals surface area contributed by atoms with E-state index < -0.39 is 0 Å². The molecule has 1 aromatic carbocycles. The lowest BCUT2D eigenvalue weighted by Crippen LogP contribution is -2.17. The fourth-order valence-electron chi connectivity index (χ4n) is 3.48. The fourth-order valence-corrected chi connectivity index (χ4v) is 3.48. The van der Waals surface area contributed by atoms with Gasteiger partial charge in [-0.05, 0) is 35.3 Å². The first-order chi connectivity index (χ1) is 10.0. The Balaban J connectivity index is 1.97. The first kappa shape index (κ1) is 16.5. The van der Waals surface area contributed by atoms with Gasteiger partial charge in [0.15, 0.2) is 0 Å². The average molecular weight is 287 g/mol. The average Bonchev–Trinajstić information content (AvgIpc) is 2.76. The lowest BCUT2D eigenvalue weighted by Gasteiger charge is -2.24. The normalized spacial score (nSPS) is 19.2. The molecule has 0 aromatic heterocycles. The summed E-state index contributed by atoms with van der Waals surface area (Å²) in [6.07, 6.45) is 10.8. The molecule has 0 heterocycles. The molecule has 0 radical (unpaired) electrons. The van der Waals surface area contributed by atoms with Gasteiger partial charge in [-0.15, -0.1) is 0 Å². The van der Waals surface area contributed by atoms with Gasteiger partial charge in [-0.3, -0.25) is 0 Å². The van der Waals surface area contributed by atoms with E-state index in [0.717, 1.165) is 12.3 Å². The van der Waals surface area contributed by atoms with Gasteiger partial charge < -0.3 is 5.73 Å². The van der Waals surface area contributed by atoms with Crippen molar-refractivity contribution < 1.29 is 0 Å². The molecule has 118 valence electrons. The van der Waals surface area contributed by atoms with Gasteiger partial charge in [-0.2, -0.15) is 0 Å². The Morgan fingerprint density at radius 1 is 1.05 bits per heavy atom. The summed E-state index contributed by atoms with van der Waals surface area (Å²) < 4.78 is 0. The second kappa shape index (κ2) is 7.45. The minimum absolute atomic E-state index is 0.215. The molecular formula is C20H33N. The summed E-state index contributed by atoms with van der Waals surface area (Å²) in [6, 6.07) is 9.30. The van der Waals surface area contributed by atoms with Gasteiger partial charge in [0.05, 0.1) is 0 Å². The van der Waals surface area contributed by atoms with Gasteiger partial charge in [-0.1, -0.05) is 83.6 Å². The van der Waals surface area contributed by atoms with Gasteiger partial charge in [0.2, 0.25) is 0 Å². The van der Waals surface area contributed by atoms with Crippen LogP contribution < -0.4 is 5.73 Å². The predicted octanol–water partition coefficient (Wildman–Crippen LogP) is 5.73. The first-order valence-electron chi connectivity index (χ1n) is 8.89. The van der Waals surface area contributed by atoms with Crippen molar-refractivity contribution in [1.29, 1.82) is 0 Å². The quantitative estimate of drug-likeness (QED) is 0.687. The van der Waals surface area contributed by atoms with E-state index in [1.54, 1.807) is 0 Å². The standard InChI is InChI=1S/C20H33N/c1-4-20(2,3)18-13-11-17(12-14-18)19(21)15-16-9-7-5-6-8-10-16/h11-14,16,19H,4-10,15,21H2,1-3H3. The van der Waals surface area contributed by atoms with E-state index in [-0.39, 0.29) is 11.5 Å². The monoisotopic (exact) mass is 287 g/mol. The Bertz CT molecular complexity index is 410. The topological polar surface area (TPSA) is 26.0 Å². The Hall–Kier alpha value is -0.820. The summed E-state index contributed by atoms with van der Waals surface area (Å²) in [5.41, 5.74) is 9.48. The second-order valence-electron chi connectivity index (χ2n) is 7.56. The highest BCUT2D eigenvalue weighted by Gasteiger charge is 2.20. The summed E-state index contributed by atoms with van der Waals surface area (Å²) in [6.45, 7) is 6.88. The molecule has 1 aliphatic rings. The van der Waals surface area contributed by atoms with Crippen molar-refractivity contribution in [2.24, 2.45) is 11.7 Å². The van der Waals surface area contributed by atoms with Crippen molar-refractivity contribution in [3.05, 3.63) is 35.4 Å². The van der Waals surface area contributed by atoms with Crippen LogP contribution in [0.5, 0.6) is 0 Å². The highest BCUT2D eigenvalue weighted by molar-refractivity contribution is 5.29. The maximum absolute atomic E-state index is 6.47. The summed E-state index contributed by atoms with van der Waals surface area (Å²) >= 11 is 0. The van der Waals surface area contributed by atoms with E-state index in [4.69, 9.17) is 5.73 Å². The second-order valence-corrected chi connectivity index (χ2v) is 7.56. The molecule has 0 saturated heterocycles. The molecule has 2 rings (SSSR count). The maximum Gasteiger partial charge on any atom is 0.0297 e. The third kappa shape index (κ3) is 4.57. The molecule has 1 nitrogen and oxygen atoms in total. The molecule has 1 fully saturated rings. The van der Waals surface area contributed by atoms with Crippen LogP contribution in [-0.4, -0.2) is 0 Å². The van der Waals surface area contributed by atoms with Gasteiger partial charge in [0.25, 0.3) is 0 Å². The number of hydrogen-bond donors (Lipinski definition) is 1. The smallest absolute Gasteiger partial charge is 0.0297 e. The minimum atomic E-state index is 0.215. The van der Waals surface area contributed by atoms with E-state index >= 15 is 0 Å². The van der Waals surface area contributed by atoms with Crippen molar-refractivity contribution in [2.75, 3.05) is 0 Å². The first-order valence-corrected chi connectivity index (χ1v) is 8.89. The summed E-state index contributed by atoms with van der Waals surface area (Å²) in [4.78, 5) is 0. The van der Waals surface area contributed by atoms with E-state index in [1.165, 1.54) is 56.1 Å². The van der Waals surface area contributed by atoms with Crippen LogP contribution in [0.15, 0.2) is 24.3 Å². The van der Waals surface area contributed by atoms with Gasteiger partial charge in [0.1, 0.15) is 0 Å². The molecule has 1 heteroatoms. The van der Waals surface area contributed by atoms with Crippen molar-refractivity contribution in [2.45, 2.75) is 83.6 Å². The molecule has 1 saturated carbocycles. The van der Waals surface area contributed by atoms with E-state index in [2.05, 4.69) is 45.0 Å². The molecule has 0 amide bonds. The van der Waals surface area contributed by atoms with Crippen LogP contribution in [0, 0.1) is 5.92 Å². The molecule has 0 bridgehead atoms. The van der Waals surface area contributed by atoms with Crippen molar-refractivity contribution in [3.8, 4) is 0 Å². The third-order valence-electron chi connectivity index (χ3n) is 5.57. The molecule has 21 heavy (non-hydrogen) atoms. The molecule has 0 spiro atoms. The summed E-state index contributed by atoms with van der Waals surface area (Å²) in [5.74, 6) is 0.842. The Labute approximate surface area is 131 Å². The number of nitrogens with two attached hydrogens (primary N) is 1. The molecule has 0 aliphatic heterocycles. The number of rotatable bonds is 5. The molecule has 1 aromatic rings. The van der Waals surface area contributed by atoms with E-state index in [9.17, 15) is 0 Å². The van der Waals surface area contributed by atoms with Gasteiger partial charge in [0, 0.05) is 6.04 Å². The van der Waals surface area contributed by atoms with Gasteiger partial charge >= 0.3 is 0 Å². The molecule has 1 atom stereocenters. The highest BCUT2D eigenvalue weighted by Crippen LogP contribution is 2.31. The van der Waals surface area contributed by atoms with Crippen LogP contribution in [0.2, 0.25) is 0 Å². The largest absolute Gasteiger partial charge is 0.324 e. The maximum atomic E-state index is 6.47. The van der Waals surface area contributed by atoms with Crippen LogP contribution in [-0.2, 0) is 5.41 Å². The van der Waals surface area contributed by atoms with Crippen molar-refractivity contribution in [3.63, 3.8) is 0 Å². The fraction of sp³-hybridized carbons (Fsp3) is 0.700. The Morgan fingerprint density at radius 3 is 2.14 bits per heavy atom. The van der Waals surface area contributed by atoms with Crippen LogP contribution in [0.1, 0.15) is 89.3 Å². The van der Waals surface area contributed by atoms with Crippen molar-refractivity contribution in [1.82, 2.24) is 0 Å². The number of benzene rings is 1. The number of hydrogen-bond acceptors (Lipinski definition) is 1. The van der Waals surface area contributed by atoms with Gasteiger partial charge in [-0.25, -0.2) is 0 Å². The summed E-state index contributed by atoms with van der Waals surface area (Å²) in [5, 5.41) is 0. The zero-order valence-corrected chi connectivity index (χ0v) is 14.2. The SMILES string of the molecule is CCC(C)(C)c1ccc(C(N)CC2CCCCCC2)cc1. The third-order valence-corrected chi connectivity index (χ3v) is 5.57. The lowest BCUT2D eigenvalue weighted by molar-refractivity contribution is 0.392. The van der Waals surface area contributed by atoms with E-state index in [1.807, 2.05) is 0 Å². The zero-order chi connectivity index (χ0) is 15.3. The van der Waals surface area contributed by atoms with Crippen LogP contribution in [0.4, 0.5) is 0 Å². The molecule has 2 N–H and O–H groups in total. The van der Waals surface area contributed by atoms with E-state index in [0.29, 0.717) is 0 Å². The Morgan fingerprint density at radius 2 is 1.62 bits per heavy atom. The van der Waals surface area contributed by atoms with Crippen molar-refractivity contribution >= 4 is 0 Å². The molecular weight excluding hydrogens is 254 g/mol. The van der Waals surface area contributed by atoms with Crippen LogP contribution in [0.3, 0.4) is 0 Å². The highest BCUT2D eigenvalue weighted by atomic mass is 14.6. The lowest BCUT2D eigenvalue weighted by atomic mass is 9.81. The van der Waals surface area contributed by atoms with Crippen LogP contribution in [0.25, 0.3) is 0 Å². The molecule has 1 aliphatic carbocycles. The molecule has 1 unspecified atom stereocenters. The zero-order valence-electron chi connectivity index (χ0n) is 14.2. The minimum Gasteiger partial charge on any atom is -0.324 e.